The molecule has 0 saturated carbocycles. The lowest BCUT2D eigenvalue weighted by Crippen LogP contribution is -2.46. The van der Waals surface area contributed by atoms with Gasteiger partial charge in [0, 0.05) is 18.3 Å². The summed E-state index contributed by atoms with van der Waals surface area (Å²) < 4.78 is 0. The molecular weight excluding hydrogens is 338 g/mol. The third-order valence-electron chi connectivity index (χ3n) is 3.44. The summed E-state index contributed by atoms with van der Waals surface area (Å²) >= 11 is 1.36. The molecule has 7 heteroatoms. The maximum absolute atomic E-state index is 12.4. The number of anilines is 2. The Morgan fingerprint density at radius 1 is 1.00 bits per heavy atom. The molecule has 0 aliphatic rings. The number of carbonyl (C=O) groups is 3. The van der Waals surface area contributed by atoms with Crippen LogP contribution in [-0.4, -0.2) is 23.8 Å². The number of thiophene rings is 1. The second-order valence-electron chi connectivity index (χ2n) is 5.92. The van der Waals surface area contributed by atoms with Gasteiger partial charge in [0.1, 0.15) is 6.04 Å². The minimum absolute atomic E-state index is 0.0504. The molecule has 1 aromatic heterocycles. The largest absolute Gasteiger partial charge is 0.344 e. The number of hydrogen-bond acceptors (Lipinski definition) is 4. The Labute approximate surface area is 150 Å². The van der Waals surface area contributed by atoms with Crippen molar-refractivity contribution in [3.63, 3.8) is 0 Å². The molecule has 3 amide bonds. The molecule has 0 fully saturated rings. The zero-order valence-corrected chi connectivity index (χ0v) is 15.1. The average Bonchev–Trinajstić information content (AvgIpc) is 3.07. The number of rotatable bonds is 6. The summed E-state index contributed by atoms with van der Waals surface area (Å²) in [7, 11) is 0. The second-order valence-corrected chi connectivity index (χ2v) is 6.87. The normalized spacial score (nSPS) is 11.7. The van der Waals surface area contributed by atoms with E-state index in [0.29, 0.717) is 16.3 Å². The van der Waals surface area contributed by atoms with E-state index in [9.17, 15) is 14.4 Å². The minimum Gasteiger partial charge on any atom is -0.344 e. The first-order valence-corrected chi connectivity index (χ1v) is 8.77. The van der Waals surface area contributed by atoms with Crippen LogP contribution in [0.15, 0.2) is 41.8 Å². The van der Waals surface area contributed by atoms with E-state index < -0.39 is 6.04 Å². The number of carbonyl (C=O) groups excluding carboxylic acids is 3. The standard InChI is InChI=1S/C18H21N3O3S/c1-11(2)16(19-12(3)22)18(24)21-14-7-4-6-13(10-14)20-17(23)15-8-5-9-25-15/h4-11,16H,1-3H3,(H,19,22)(H,20,23)(H,21,24). The van der Waals surface area contributed by atoms with Gasteiger partial charge in [-0.1, -0.05) is 26.0 Å². The van der Waals surface area contributed by atoms with Gasteiger partial charge in [0.15, 0.2) is 0 Å². The molecule has 3 N–H and O–H groups in total. The lowest BCUT2D eigenvalue weighted by molar-refractivity contribution is -0.126. The van der Waals surface area contributed by atoms with Crippen LogP contribution in [0.25, 0.3) is 0 Å². The van der Waals surface area contributed by atoms with Crippen molar-refractivity contribution in [2.45, 2.75) is 26.8 Å². The monoisotopic (exact) mass is 359 g/mol. The molecule has 1 heterocycles. The lowest BCUT2D eigenvalue weighted by Gasteiger charge is -2.21. The van der Waals surface area contributed by atoms with Crippen molar-refractivity contribution in [2.75, 3.05) is 10.6 Å². The molecule has 0 aliphatic carbocycles. The fourth-order valence-electron chi connectivity index (χ4n) is 2.25. The Bertz CT molecular complexity index is 757. The van der Waals surface area contributed by atoms with Crippen molar-refractivity contribution in [1.82, 2.24) is 5.32 Å². The fourth-order valence-corrected chi connectivity index (χ4v) is 2.87. The van der Waals surface area contributed by atoms with E-state index in [1.807, 2.05) is 25.3 Å². The SMILES string of the molecule is CC(=O)NC(C(=O)Nc1cccc(NC(=O)c2cccs2)c1)C(C)C. The Morgan fingerprint density at radius 3 is 2.24 bits per heavy atom. The Hall–Kier alpha value is -2.67. The Kier molecular flexibility index (Phi) is 6.30. The zero-order chi connectivity index (χ0) is 18.4. The summed E-state index contributed by atoms with van der Waals surface area (Å²) in [5, 5.41) is 10.0. The van der Waals surface area contributed by atoms with Gasteiger partial charge >= 0.3 is 0 Å². The number of hydrogen-bond donors (Lipinski definition) is 3. The van der Waals surface area contributed by atoms with Crippen molar-refractivity contribution in [3.05, 3.63) is 46.7 Å². The van der Waals surface area contributed by atoms with Crippen molar-refractivity contribution in [2.24, 2.45) is 5.92 Å². The zero-order valence-electron chi connectivity index (χ0n) is 14.3. The number of amides is 3. The van der Waals surface area contributed by atoms with Gasteiger partial charge in [-0.15, -0.1) is 11.3 Å². The maximum atomic E-state index is 12.4. The van der Waals surface area contributed by atoms with E-state index in [2.05, 4.69) is 16.0 Å². The average molecular weight is 359 g/mol. The van der Waals surface area contributed by atoms with Crippen LogP contribution in [0.5, 0.6) is 0 Å². The minimum atomic E-state index is -0.623. The van der Waals surface area contributed by atoms with Gasteiger partial charge in [0.2, 0.25) is 11.8 Å². The third-order valence-corrected chi connectivity index (χ3v) is 4.31. The molecule has 1 aromatic carbocycles. The predicted octanol–water partition coefficient (Wildman–Crippen LogP) is 3.10. The van der Waals surface area contributed by atoms with Crippen LogP contribution in [0, 0.1) is 5.92 Å². The molecule has 2 aromatic rings. The molecular formula is C18H21N3O3S. The highest BCUT2D eigenvalue weighted by Crippen LogP contribution is 2.18. The summed E-state index contributed by atoms with van der Waals surface area (Å²) in [5.41, 5.74) is 1.13. The Balaban J connectivity index is 2.06. The summed E-state index contributed by atoms with van der Waals surface area (Å²) in [4.78, 5) is 36.4. The fraction of sp³-hybridized carbons (Fsp3) is 0.278. The van der Waals surface area contributed by atoms with Crippen LogP contribution in [0.1, 0.15) is 30.4 Å². The first kappa shape index (κ1) is 18.7. The third kappa shape index (κ3) is 5.42. The number of benzene rings is 1. The van der Waals surface area contributed by atoms with E-state index >= 15 is 0 Å². The van der Waals surface area contributed by atoms with Crippen molar-refractivity contribution < 1.29 is 14.4 Å². The van der Waals surface area contributed by atoms with Crippen LogP contribution in [0.4, 0.5) is 11.4 Å². The molecule has 1 unspecified atom stereocenters. The highest BCUT2D eigenvalue weighted by molar-refractivity contribution is 7.12. The van der Waals surface area contributed by atoms with Crippen LogP contribution in [0.3, 0.4) is 0 Å². The van der Waals surface area contributed by atoms with Crippen LogP contribution in [-0.2, 0) is 9.59 Å². The first-order chi connectivity index (χ1) is 11.9. The van der Waals surface area contributed by atoms with E-state index in [4.69, 9.17) is 0 Å². The summed E-state index contributed by atoms with van der Waals surface area (Å²) in [6.45, 7) is 5.10. The van der Waals surface area contributed by atoms with Crippen molar-refractivity contribution in [1.29, 1.82) is 0 Å². The summed E-state index contributed by atoms with van der Waals surface area (Å²) in [6.07, 6.45) is 0. The van der Waals surface area contributed by atoms with Gasteiger partial charge in [-0.2, -0.15) is 0 Å². The molecule has 0 bridgehead atoms. The molecule has 0 spiro atoms. The Morgan fingerprint density at radius 2 is 1.68 bits per heavy atom. The van der Waals surface area contributed by atoms with Gasteiger partial charge in [0.25, 0.3) is 5.91 Å². The van der Waals surface area contributed by atoms with Crippen LogP contribution < -0.4 is 16.0 Å². The molecule has 6 nitrogen and oxygen atoms in total. The molecule has 2 rings (SSSR count). The smallest absolute Gasteiger partial charge is 0.265 e. The van der Waals surface area contributed by atoms with Gasteiger partial charge in [-0.25, -0.2) is 0 Å². The molecule has 25 heavy (non-hydrogen) atoms. The van der Waals surface area contributed by atoms with Gasteiger partial charge < -0.3 is 16.0 Å². The quantitative estimate of drug-likeness (QED) is 0.741. The maximum Gasteiger partial charge on any atom is 0.265 e. The van der Waals surface area contributed by atoms with Crippen LogP contribution >= 0.6 is 11.3 Å². The van der Waals surface area contributed by atoms with E-state index in [1.165, 1.54) is 18.3 Å². The highest BCUT2D eigenvalue weighted by Gasteiger charge is 2.23. The van der Waals surface area contributed by atoms with Crippen molar-refractivity contribution in [3.8, 4) is 0 Å². The van der Waals surface area contributed by atoms with Crippen molar-refractivity contribution >= 4 is 40.4 Å². The summed E-state index contributed by atoms with van der Waals surface area (Å²) in [5.74, 6) is -0.805. The molecule has 0 radical (unpaired) electrons. The van der Waals surface area contributed by atoms with E-state index in [0.717, 1.165) is 0 Å². The van der Waals surface area contributed by atoms with Gasteiger partial charge in [-0.05, 0) is 35.6 Å². The van der Waals surface area contributed by atoms with E-state index in [-0.39, 0.29) is 23.6 Å². The van der Waals surface area contributed by atoms with Gasteiger partial charge in [0.05, 0.1) is 4.88 Å². The topological polar surface area (TPSA) is 87.3 Å². The summed E-state index contributed by atoms with van der Waals surface area (Å²) in [6, 6.07) is 9.81. The van der Waals surface area contributed by atoms with Gasteiger partial charge in [-0.3, -0.25) is 14.4 Å². The van der Waals surface area contributed by atoms with E-state index in [1.54, 1.807) is 30.3 Å². The number of nitrogens with one attached hydrogen (secondary N) is 3. The first-order valence-electron chi connectivity index (χ1n) is 7.89. The lowest BCUT2D eigenvalue weighted by atomic mass is 10.0. The predicted molar refractivity (Wildman–Crippen MR) is 99.8 cm³/mol. The molecule has 132 valence electrons. The molecule has 0 aliphatic heterocycles. The highest BCUT2D eigenvalue weighted by atomic mass is 32.1. The van der Waals surface area contributed by atoms with Crippen LogP contribution in [0.2, 0.25) is 0 Å². The second kappa shape index (κ2) is 8.43. The molecule has 1 atom stereocenters. The molecule has 0 saturated heterocycles.